The van der Waals surface area contributed by atoms with E-state index in [2.05, 4.69) is 25.7 Å². The molecule has 0 bridgehead atoms. The van der Waals surface area contributed by atoms with E-state index in [1.54, 1.807) is 37.7 Å². The number of hydrogen-bond donors (Lipinski definition) is 3. The lowest BCUT2D eigenvalue weighted by atomic mass is 10.2. The Hall–Kier alpha value is -4.02. The number of rotatable bonds is 5. The third-order valence-corrected chi connectivity index (χ3v) is 3.84. The fraction of sp³-hybridized carbons (Fsp3) is 0.250. The smallest absolute Gasteiger partial charge is 0.412 e. The summed E-state index contributed by atoms with van der Waals surface area (Å²) in [6.45, 7) is 5.41. The van der Waals surface area contributed by atoms with E-state index in [9.17, 15) is 14.0 Å². The van der Waals surface area contributed by atoms with E-state index >= 15 is 0 Å². The molecule has 0 radical (unpaired) electrons. The molecule has 0 aliphatic heterocycles. The summed E-state index contributed by atoms with van der Waals surface area (Å²) < 4.78 is 20.8. The molecule has 3 aromatic rings. The van der Waals surface area contributed by atoms with Gasteiger partial charge in [0.25, 0.3) is 5.91 Å². The Kier molecular flexibility index (Phi) is 6.14. The van der Waals surface area contributed by atoms with Gasteiger partial charge in [-0.2, -0.15) is 5.10 Å². The van der Waals surface area contributed by atoms with Crippen LogP contribution >= 0.6 is 0 Å². The summed E-state index contributed by atoms with van der Waals surface area (Å²) >= 11 is 0. The number of nitrogens with zero attached hydrogens (tertiary/aromatic N) is 4. The predicted molar refractivity (Wildman–Crippen MR) is 112 cm³/mol. The highest BCUT2D eigenvalue weighted by Crippen LogP contribution is 2.19. The SMILES string of the molecule is CC(C)(C)OC(=O)Nc1cc(Cn2cc(NC(=O)c3nccnc3N)cn2)ccc1F. The van der Waals surface area contributed by atoms with Gasteiger partial charge in [-0.1, -0.05) is 6.07 Å². The number of carbonyl (C=O) groups excluding carboxylic acids is 2. The van der Waals surface area contributed by atoms with Crippen LogP contribution in [0.25, 0.3) is 0 Å². The Labute approximate surface area is 177 Å². The van der Waals surface area contributed by atoms with Crippen molar-refractivity contribution in [3.63, 3.8) is 0 Å². The van der Waals surface area contributed by atoms with Gasteiger partial charge in [-0.25, -0.2) is 19.2 Å². The molecule has 1 aromatic carbocycles. The average molecular weight is 427 g/mol. The van der Waals surface area contributed by atoms with E-state index in [4.69, 9.17) is 10.5 Å². The van der Waals surface area contributed by atoms with Gasteiger partial charge in [-0.3, -0.25) is 14.8 Å². The first-order chi connectivity index (χ1) is 14.6. The van der Waals surface area contributed by atoms with Crippen LogP contribution in [0.15, 0.2) is 43.0 Å². The second kappa shape index (κ2) is 8.78. The number of nitrogens with one attached hydrogen (secondary N) is 2. The summed E-state index contributed by atoms with van der Waals surface area (Å²) in [5.74, 6) is -1.09. The average Bonchev–Trinajstić information content (AvgIpc) is 3.10. The van der Waals surface area contributed by atoms with Gasteiger partial charge in [0.2, 0.25) is 0 Å². The lowest BCUT2D eigenvalue weighted by Gasteiger charge is -2.20. The molecule has 4 N–H and O–H groups in total. The quantitative estimate of drug-likeness (QED) is 0.569. The van der Waals surface area contributed by atoms with Crippen molar-refractivity contribution in [2.45, 2.75) is 32.9 Å². The minimum atomic E-state index is -0.754. The topological polar surface area (TPSA) is 137 Å². The molecule has 2 amide bonds. The number of ether oxygens (including phenoxy) is 1. The maximum absolute atomic E-state index is 14.1. The highest BCUT2D eigenvalue weighted by Gasteiger charge is 2.18. The molecule has 0 aliphatic rings. The lowest BCUT2D eigenvalue weighted by Crippen LogP contribution is -2.27. The van der Waals surface area contributed by atoms with Gasteiger partial charge in [0.15, 0.2) is 11.5 Å². The summed E-state index contributed by atoms with van der Waals surface area (Å²) in [5, 5.41) is 9.21. The summed E-state index contributed by atoms with van der Waals surface area (Å²) in [7, 11) is 0. The molecule has 162 valence electrons. The zero-order chi connectivity index (χ0) is 22.6. The molecule has 10 nitrogen and oxygen atoms in total. The Morgan fingerprint density at radius 1 is 1.19 bits per heavy atom. The van der Waals surface area contributed by atoms with Crippen LogP contribution in [-0.4, -0.2) is 37.3 Å². The van der Waals surface area contributed by atoms with E-state index in [1.165, 1.54) is 30.7 Å². The molecule has 0 fully saturated rings. The normalized spacial score (nSPS) is 11.1. The number of amides is 2. The Morgan fingerprint density at radius 3 is 2.65 bits per heavy atom. The van der Waals surface area contributed by atoms with Gasteiger partial charge in [0, 0.05) is 18.6 Å². The Bertz CT molecular complexity index is 1110. The number of hydrogen-bond acceptors (Lipinski definition) is 7. The molecule has 2 heterocycles. The second-order valence-electron chi connectivity index (χ2n) is 7.61. The van der Waals surface area contributed by atoms with Crippen LogP contribution in [0, 0.1) is 5.82 Å². The zero-order valence-corrected chi connectivity index (χ0v) is 17.2. The Balaban J connectivity index is 1.67. The van der Waals surface area contributed by atoms with Gasteiger partial charge in [0.1, 0.15) is 11.4 Å². The summed E-state index contributed by atoms with van der Waals surface area (Å²) in [5.41, 5.74) is 6.04. The van der Waals surface area contributed by atoms with Crippen molar-refractivity contribution >= 4 is 29.2 Å². The number of halogens is 1. The minimum Gasteiger partial charge on any atom is -0.444 e. The molecule has 0 unspecified atom stereocenters. The van der Waals surface area contributed by atoms with Crippen molar-refractivity contribution in [1.29, 1.82) is 0 Å². The van der Waals surface area contributed by atoms with Gasteiger partial charge in [-0.15, -0.1) is 0 Å². The van der Waals surface area contributed by atoms with E-state index in [0.717, 1.165) is 0 Å². The van der Waals surface area contributed by atoms with Crippen molar-refractivity contribution in [1.82, 2.24) is 19.7 Å². The first-order valence-corrected chi connectivity index (χ1v) is 9.29. The van der Waals surface area contributed by atoms with Gasteiger partial charge < -0.3 is 15.8 Å². The lowest BCUT2D eigenvalue weighted by molar-refractivity contribution is 0.0635. The van der Waals surface area contributed by atoms with Crippen LogP contribution in [0.1, 0.15) is 36.8 Å². The predicted octanol–water partition coefficient (Wildman–Crippen LogP) is 3.04. The molecule has 0 aliphatic carbocycles. The third-order valence-electron chi connectivity index (χ3n) is 3.84. The molecule has 11 heteroatoms. The molecule has 31 heavy (non-hydrogen) atoms. The van der Waals surface area contributed by atoms with Crippen LogP contribution in [-0.2, 0) is 11.3 Å². The van der Waals surface area contributed by atoms with E-state index in [0.29, 0.717) is 11.3 Å². The molecular formula is C20H22FN7O3. The second-order valence-corrected chi connectivity index (χ2v) is 7.61. The molecular weight excluding hydrogens is 405 g/mol. The summed E-state index contributed by atoms with van der Waals surface area (Å²) in [6.07, 6.45) is 5.05. The molecule has 0 atom stereocenters. The highest BCUT2D eigenvalue weighted by atomic mass is 19.1. The minimum absolute atomic E-state index is 0.00615. The largest absolute Gasteiger partial charge is 0.444 e. The van der Waals surface area contributed by atoms with Crippen LogP contribution in [0.4, 0.5) is 26.4 Å². The molecule has 0 saturated carbocycles. The fourth-order valence-corrected chi connectivity index (χ4v) is 2.60. The first kappa shape index (κ1) is 21.7. The van der Waals surface area contributed by atoms with Crippen molar-refractivity contribution in [2.24, 2.45) is 0 Å². The van der Waals surface area contributed by atoms with Gasteiger partial charge in [-0.05, 0) is 38.5 Å². The monoisotopic (exact) mass is 427 g/mol. The number of benzene rings is 1. The molecule has 2 aromatic heterocycles. The van der Waals surface area contributed by atoms with Crippen LogP contribution in [0.2, 0.25) is 0 Å². The number of aromatic nitrogens is 4. The number of carbonyl (C=O) groups is 2. The van der Waals surface area contributed by atoms with E-state index < -0.39 is 23.4 Å². The summed E-state index contributed by atoms with van der Waals surface area (Å²) in [4.78, 5) is 31.9. The molecule has 0 saturated heterocycles. The fourth-order valence-electron chi connectivity index (χ4n) is 2.60. The maximum Gasteiger partial charge on any atom is 0.412 e. The maximum atomic E-state index is 14.1. The van der Waals surface area contributed by atoms with Gasteiger partial charge >= 0.3 is 6.09 Å². The van der Waals surface area contributed by atoms with Crippen LogP contribution in [0.3, 0.4) is 0 Å². The van der Waals surface area contributed by atoms with Crippen molar-refractivity contribution in [3.8, 4) is 0 Å². The number of nitrogens with two attached hydrogens (primary N) is 1. The number of nitrogen functional groups attached to an aromatic ring is 1. The van der Waals surface area contributed by atoms with Crippen molar-refractivity contribution in [3.05, 3.63) is 60.1 Å². The highest BCUT2D eigenvalue weighted by molar-refractivity contribution is 6.05. The summed E-state index contributed by atoms with van der Waals surface area (Å²) in [6, 6.07) is 4.29. The standard InChI is InChI=1S/C20H22FN7O3/c1-20(2,3)31-19(30)27-15-8-12(4-5-14(15)21)10-28-11-13(9-25-28)26-18(29)16-17(22)24-7-6-23-16/h4-9,11H,10H2,1-3H3,(H2,22,24)(H,26,29)(H,27,30). The zero-order valence-electron chi connectivity index (χ0n) is 17.2. The Morgan fingerprint density at radius 2 is 1.94 bits per heavy atom. The van der Waals surface area contributed by atoms with E-state index in [1.807, 2.05) is 0 Å². The third kappa shape index (κ3) is 5.98. The molecule has 3 rings (SSSR count). The van der Waals surface area contributed by atoms with Crippen molar-refractivity contribution in [2.75, 3.05) is 16.4 Å². The first-order valence-electron chi connectivity index (χ1n) is 9.29. The van der Waals surface area contributed by atoms with Gasteiger partial charge in [0.05, 0.1) is 24.1 Å². The van der Waals surface area contributed by atoms with E-state index in [-0.39, 0.29) is 23.7 Å². The number of anilines is 3. The van der Waals surface area contributed by atoms with Crippen LogP contribution in [0.5, 0.6) is 0 Å². The van der Waals surface area contributed by atoms with Crippen molar-refractivity contribution < 1.29 is 18.7 Å². The molecule has 0 spiro atoms. The van der Waals surface area contributed by atoms with Crippen LogP contribution < -0.4 is 16.4 Å².